The minimum Gasteiger partial charge on any atom is -0.353 e. The highest BCUT2D eigenvalue weighted by molar-refractivity contribution is 5.97. The third-order valence-electron chi connectivity index (χ3n) is 2.16. The molecular weight excluding hydrogens is 142 g/mol. The van der Waals surface area contributed by atoms with Crippen molar-refractivity contribution in [2.24, 2.45) is 5.92 Å². The highest BCUT2D eigenvalue weighted by atomic mass is 16.5. The Morgan fingerprint density at radius 2 is 2.55 bits per heavy atom. The number of aryl methyl sites for hydroxylation is 1. The second-order valence-electron chi connectivity index (χ2n) is 2.98. The molecule has 1 aliphatic carbocycles. The number of fused-ring (bicyclic) bond motifs is 1. The van der Waals surface area contributed by atoms with Crippen LogP contribution < -0.4 is 0 Å². The minimum atomic E-state index is 0.101. The number of Topliss-reactive ketones (excluding diaryl/α,β-unsaturated/α-hetero) is 1. The molecule has 1 aromatic heterocycles. The largest absolute Gasteiger partial charge is 0.353 e. The first kappa shape index (κ1) is 6.58. The summed E-state index contributed by atoms with van der Waals surface area (Å²) in [4.78, 5) is 11.3. The molecule has 0 saturated carbocycles. The molecule has 0 fully saturated rings. The highest BCUT2D eigenvalue weighted by Crippen LogP contribution is 2.24. The Kier molecular flexibility index (Phi) is 1.31. The maximum absolute atomic E-state index is 11.3. The monoisotopic (exact) mass is 151 g/mol. The summed E-state index contributed by atoms with van der Waals surface area (Å²) in [5.74, 6) is 0.683. The van der Waals surface area contributed by atoms with Crippen molar-refractivity contribution in [2.45, 2.75) is 19.8 Å². The number of ketones is 1. The number of carbonyl (C=O) groups excluding carboxylic acids is 1. The standard InChI is InChI=1S/C8H9NO2/c1-5-2-3-6-4-9-11-8(6)7(5)10/h4-5H,2-3H2,1H3. The predicted octanol–water partition coefficient (Wildman–Crippen LogP) is 1.44. The zero-order valence-electron chi connectivity index (χ0n) is 6.33. The first-order valence-electron chi connectivity index (χ1n) is 3.77. The molecule has 1 aromatic rings. The molecule has 2 rings (SSSR count). The molecule has 11 heavy (non-hydrogen) atoms. The van der Waals surface area contributed by atoms with E-state index in [0.717, 1.165) is 18.4 Å². The van der Waals surface area contributed by atoms with E-state index >= 15 is 0 Å². The summed E-state index contributed by atoms with van der Waals surface area (Å²) in [6.07, 6.45) is 3.48. The van der Waals surface area contributed by atoms with Crippen LogP contribution in [0.4, 0.5) is 0 Å². The molecule has 0 N–H and O–H groups in total. The van der Waals surface area contributed by atoms with Crippen molar-refractivity contribution in [3.05, 3.63) is 17.5 Å². The quantitative estimate of drug-likeness (QED) is 0.563. The second kappa shape index (κ2) is 2.19. The van der Waals surface area contributed by atoms with Crippen LogP contribution in [0.25, 0.3) is 0 Å². The molecule has 0 spiro atoms. The van der Waals surface area contributed by atoms with Crippen molar-refractivity contribution in [1.82, 2.24) is 5.16 Å². The van der Waals surface area contributed by atoms with Crippen LogP contribution in [0.15, 0.2) is 10.7 Å². The van der Waals surface area contributed by atoms with E-state index < -0.39 is 0 Å². The fourth-order valence-corrected chi connectivity index (χ4v) is 1.37. The van der Waals surface area contributed by atoms with E-state index in [1.165, 1.54) is 0 Å². The minimum absolute atomic E-state index is 0.101. The summed E-state index contributed by atoms with van der Waals surface area (Å²) in [5.41, 5.74) is 0.966. The van der Waals surface area contributed by atoms with Gasteiger partial charge in [-0.2, -0.15) is 0 Å². The number of hydrogen-bond donors (Lipinski definition) is 0. The van der Waals surface area contributed by atoms with Crippen LogP contribution in [0.3, 0.4) is 0 Å². The van der Waals surface area contributed by atoms with Gasteiger partial charge in [-0.25, -0.2) is 0 Å². The Bertz CT molecular complexity index is 290. The highest BCUT2D eigenvalue weighted by Gasteiger charge is 2.27. The van der Waals surface area contributed by atoms with Gasteiger partial charge in [0.05, 0.1) is 6.20 Å². The third kappa shape index (κ3) is 0.878. The van der Waals surface area contributed by atoms with Crippen molar-refractivity contribution in [3.8, 4) is 0 Å². The van der Waals surface area contributed by atoms with Gasteiger partial charge in [-0.3, -0.25) is 4.79 Å². The molecule has 0 bridgehead atoms. The molecule has 58 valence electrons. The number of nitrogens with zero attached hydrogens (tertiary/aromatic N) is 1. The topological polar surface area (TPSA) is 43.1 Å². The van der Waals surface area contributed by atoms with Gasteiger partial charge in [-0.15, -0.1) is 0 Å². The van der Waals surface area contributed by atoms with Crippen molar-refractivity contribution in [3.63, 3.8) is 0 Å². The maximum atomic E-state index is 11.3. The summed E-state index contributed by atoms with van der Waals surface area (Å²) in [7, 11) is 0. The molecular formula is C8H9NO2. The van der Waals surface area contributed by atoms with Crippen molar-refractivity contribution in [1.29, 1.82) is 0 Å². The van der Waals surface area contributed by atoms with Gasteiger partial charge < -0.3 is 4.52 Å². The van der Waals surface area contributed by atoms with Crippen LogP contribution in [0.1, 0.15) is 29.5 Å². The first-order valence-corrected chi connectivity index (χ1v) is 3.77. The Morgan fingerprint density at radius 3 is 3.36 bits per heavy atom. The lowest BCUT2D eigenvalue weighted by Crippen LogP contribution is -2.18. The molecule has 3 nitrogen and oxygen atoms in total. The van der Waals surface area contributed by atoms with Crippen LogP contribution in [0.2, 0.25) is 0 Å². The smallest absolute Gasteiger partial charge is 0.205 e. The van der Waals surface area contributed by atoms with Crippen LogP contribution in [0, 0.1) is 5.92 Å². The predicted molar refractivity (Wildman–Crippen MR) is 38.3 cm³/mol. The fraction of sp³-hybridized carbons (Fsp3) is 0.500. The van der Waals surface area contributed by atoms with E-state index in [1.807, 2.05) is 6.92 Å². The molecule has 3 heteroatoms. The number of carbonyl (C=O) groups is 1. The second-order valence-corrected chi connectivity index (χ2v) is 2.98. The van der Waals surface area contributed by atoms with Gasteiger partial charge in [0.15, 0.2) is 0 Å². The zero-order chi connectivity index (χ0) is 7.84. The normalized spacial score (nSPS) is 23.4. The molecule has 0 radical (unpaired) electrons. The van der Waals surface area contributed by atoms with E-state index in [2.05, 4.69) is 5.16 Å². The third-order valence-corrected chi connectivity index (χ3v) is 2.16. The lowest BCUT2D eigenvalue weighted by molar-refractivity contribution is 0.0873. The molecule has 0 aromatic carbocycles. The van der Waals surface area contributed by atoms with E-state index in [-0.39, 0.29) is 11.7 Å². The van der Waals surface area contributed by atoms with E-state index in [9.17, 15) is 4.79 Å². The number of rotatable bonds is 0. The SMILES string of the molecule is CC1CCc2cnoc2C1=O. The van der Waals surface area contributed by atoms with Crippen molar-refractivity contribution in [2.75, 3.05) is 0 Å². The molecule has 0 amide bonds. The number of hydrogen-bond acceptors (Lipinski definition) is 3. The van der Waals surface area contributed by atoms with Gasteiger partial charge in [-0.1, -0.05) is 12.1 Å². The Hall–Kier alpha value is -1.12. The Balaban J connectivity index is 2.46. The summed E-state index contributed by atoms with van der Waals surface area (Å²) >= 11 is 0. The van der Waals surface area contributed by atoms with Crippen molar-refractivity contribution < 1.29 is 9.32 Å². The van der Waals surface area contributed by atoms with E-state index in [0.29, 0.717) is 5.76 Å². The van der Waals surface area contributed by atoms with Gasteiger partial charge in [0.1, 0.15) is 0 Å². The van der Waals surface area contributed by atoms with Crippen molar-refractivity contribution >= 4 is 5.78 Å². The summed E-state index contributed by atoms with van der Waals surface area (Å²) in [6, 6.07) is 0. The fourth-order valence-electron chi connectivity index (χ4n) is 1.37. The first-order chi connectivity index (χ1) is 5.29. The van der Waals surface area contributed by atoms with E-state index in [4.69, 9.17) is 4.52 Å². The molecule has 0 saturated heterocycles. The van der Waals surface area contributed by atoms with Gasteiger partial charge in [0.2, 0.25) is 11.5 Å². The van der Waals surface area contributed by atoms with Crippen LogP contribution >= 0.6 is 0 Å². The van der Waals surface area contributed by atoms with Gasteiger partial charge in [0, 0.05) is 11.5 Å². The summed E-state index contributed by atoms with van der Waals surface area (Å²) in [6.45, 7) is 1.92. The molecule has 1 atom stereocenters. The average Bonchev–Trinajstić information content (AvgIpc) is 2.45. The molecule has 1 aliphatic rings. The Labute approximate surface area is 64.4 Å². The molecule has 0 aliphatic heterocycles. The summed E-state index contributed by atoms with van der Waals surface area (Å²) in [5, 5.41) is 3.59. The lowest BCUT2D eigenvalue weighted by Gasteiger charge is -2.13. The number of aromatic nitrogens is 1. The van der Waals surface area contributed by atoms with E-state index in [1.54, 1.807) is 6.20 Å². The zero-order valence-corrected chi connectivity index (χ0v) is 6.33. The average molecular weight is 151 g/mol. The molecule has 1 unspecified atom stereocenters. The van der Waals surface area contributed by atoms with Gasteiger partial charge in [0.25, 0.3) is 0 Å². The van der Waals surface area contributed by atoms with Crippen LogP contribution in [0.5, 0.6) is 0 Å². The summed E-state index contributed by atoms with van der Waals surface area (Å²) < 4.78 is 4.84. The lowest BCUT2D eigenvalue weighted by atomic mass is 9.89. The van der Waals surface area contributed by atoms with Gasteiger partial charge >= 0.3 is 0 Å². The van der Waals surface area contributed by atoms with Crippen LogP contribution in [-0.4, -0.2) is 10.9 Å². The van der Waals surface area contributed by atoms with Crippen LogP contribution in [-0.2, 0) is 6.42 Å². The molecule has 1 heterocycles. The van der Waals surface area contributed by atoms with Gasteiger partial charge in [-0.05, 0) is 12.8 Å². The maximum Gasteiger partial charge on any atom is 0.205 e. The Morgan fingerprint density at radius 1 is 1.73 bits per heavy atom.